The average Bonchev–Trinajstić information content (AvgIpc) is 2.99. The Balaban J connectivity index is 1.93. The van der Waals surface area contributed by atoms with Gasteiger partial charge in [-0.1, -0.05) is 23.1 Å². The average molecular weight is 310 g/mol. The minimum Gasteiger partial charge on any atom is -0.296 e. The summed E-state index contributed by atoms with van der Waals surface area (Å²) in [7, 11) is 0. The number of nitrogens with zero attached hydrogens (tertiary/aromatic N) is 3. The molecule has 19 heavy (non-hydrogen) atoms. The van der Waals surface area contributed by atoms with Gasteiger partial charge in [0.15, 0.2) is 4.34 Å². The number of nitriles is 1. The van der Waals surface area contributed by atoms with E-state index in [1.165, 1.54) is 34.4 Å². The fraction of sp³-hybridized carbons (Fsp3) is 0.273. The number of carbonyl (C=O) groups is 1. The van der Waals surface area contributed by atoms with E-state index in [1.54, 1.807) is 0 Å². The first-order valence-electron chi connectivity index (χ1n) is 5.39. The van der Waals surface area contributed by atoms with Gasteiger partial charge in [-0.3, -0.25) is 10.1 Å². The summed E-state index contributed by atoms with van der Waals surface area (Å²) in [6, 6.07) is 3.90. The Kier molecular flexibility index (Phi) is 4.90. The predicted molar refractivity (Wildman–Crippen MR) is 77.9 cm³/mol. The van der Waals surface area contributed by atoms with Crippen molar-refractivity contribution in [3.05, 3.63) is 21.9 Å². The molecule has 1 N–H and O–H groups in total. The first kappa shape index (κ1) is 14.0. The van der Waals surface area contributed by atoms with Crippen LogP contribution in [0.1, 0.15) is 21.7 Å². The van der Waals surface area contributed by atoms with Gasteiger partial charge in [-0.25, -0.2) is 0 Å². The van der Waals surface area contributed by atoms with E-state index in [0.717, 1.165) is 9.90 Å². The quantitative estimate of drug-likeness (QED) is 0.521. The Morgan fingerprint density at radius 2 is 2.42 bits per heavy atom. The van der Waals surface area contributed by atoms with Crippen LogP contribution in [-0.4, -0.2) is 21.9 Å². The number of hydrogen-bond acceptors (Lipinski definition) is 7. The molecule has 0 radical (unpaired) electrons. The van der Waals surface area contributed by atoms with Gasteiger partial charge in [-0.05, 0) is 23.9 Å². The first-order chi connectivity index (χ1) is 9.19. The highest BCUT2D eigenvalue weighted by Gasteiger charge is 2.11. The molecule has 2 heterocycles. The van der Waals surface area contributed by atoms with Crippen molar-refractivity contribution >= 4 is 45.5 Å². The minimum absolute atomic E-state index is 0.164. The molecule has 8 heteroatoms. The number of aryl methyl sites for hydroxylation is 1. The van der Waals surface area contributed by atoms with E-state index in [9.17, 15) is 4.79 Å². The molecule has 5 nitrogen and oxygen atoms in total. The van der Waals surface area contributed by atoms with Crippen LogP contribution in [-0.2, 0) is 0 Å². The van der Waals surface area contributed by atoms with E-state index >= 15 is 0 Å². The lowest BCUT2D eigenvalue weighted by atomic mass is 10.3. The van der Waals surface area contributed by atoms with Crippen molar-refractivity contribution in [1.29, 1.82) is 5.26 Å². The van der Waals surface area contributed by atoms with E-state index in [-0.39, 0.29) is 5.91 Å². The van der Waals surface area contributed by atoms with Crippen LogP contribution in [0.25, 0.3) is 0 Å². The molecule has 0 unspecified atom stereocenters. The van der Waals surface area contributed by atoms with Crippen LogP contribution in [0.2, 0.25) is 0 Å². The molecule has 98 valence electrons. The lowest BCUT2D eigenvalue weighted by Gasteiger charge is -1.96. The summed E-state index contributed by atoms with van der Waals surface area (Å²) < 4.78 is 0.757. The molecule has 0 fully saturated rings. The fourth-order valence-corrected chi connectivity index (χ4v) is 3.67. The Hall–Kier alpha value is -1.43. The lowest BCUT2D eigenvalue weighted by Crippen LogP contribution is -2.09. The normalized spacial score (nSPS) is 10.1. The van der Waals surface area contributed by atoms with Crippen LogP contribution in [0, 0.1) is 18.3 Å². The molecule has 2 rings (SSSR count). The first-order valence-corrected chi connectivity index (χ1v) is 8.07. The van der Waals surface area contributed by atoms with Crippen LogP contribution in [0.15, 0.2) is 15.8 Å². The van der Waals surface area contributed by atoms with Crippen LogP contribution in [0.5, 0.6) is 0 Å². The van der Waals surface area contributed by atoms with E-state index in [2.05, 4.69) is 21.6 Å². The zero-order valence-electron chi connectivity index (χ0n) is 10.0. The molecule has 0 aliphatic heterocycles. The third-order valence-electron chi connectivity index (χ3n) is 2.02. The number of nitrogens with one attached hydrogen (secondary N) is 1. The maximum absolute atomic E-state index is 11.9. The number of amides is 1. The molecule has 0 saturated heterocycles. The van der Waals surface area contributed by atoms with Crippen molar-refractivity contribution in [2.45, 2.75) is 17.7 Å². The molecule has 1 amide bonds. The van der Waals surface area contributed by atoms with Gasteiger partial charge in [-0.15, -0.1) is 21.5 Å². The van der Waals surface area contributed by atoms with Crippen molar-refractivity contribution in [2.24, 2.45) is 0 Å². The van der Waals surface area contributed by atoms with E-state index in [4.69, 9.17) is 5.26 Å². The molecular weight excluding hydrogens is 300 g/mol. The summed E-state index contributed by atoms with van der Waals surface area (Å²) in [5.41, 5.74) is 1.07. The molecule has 2 aromatic heterocycles. The molecule has 2 aromatic rings. The van der Waals surface area contributed by atoms with Crippen molar-refractivity contribution in [2.75, 3.05) is 11.1 Å². The summed E-state index contributed by atoms with van der Waals surface area (Å²) in [4.78, 5) is 12.5. The van der Waals surface area contributed by atoms with Gasteiger partial charge in [0.25, 0.3) is 5.91 Å². The highest BCUT2D eigenvalue weighted by atomic mass is 32.2. The van der Waals surface area contributed by atoms with Gasteiger partial charge in [0.05, 0.1) is 10.9 Å². The number of hydrogen-bond donors (Lipinski definition) is 1. The van der Waals surface area contributed by atoms with Gasteiger partial charge in [0.2, 0.25) is 5.13 Å². The van der Waals surface area contributed by atoms with Crippen LogP contribution >= 0.6 is 34.4 Å². The second kappa shape index (κ2) is 6.65. The summed E-state index contributed by atoms with van der Waals surface area (Å²) in [5.74, 6) is 0.520. The Morgan fingerprint density at radius 3 is 3.11 bits per heavy atom. The standard InChI is InChI=1S/C11H10N4OS3/c1-7-5-8(18-6-7)9(16)13-10-14-15-11(19-10)17-4-2-3-12/h5-6H,2,4H2,1H3,(H,13,14,16). The predicted octanol–water partition coefficient (Wildman–Crippen LogP) is 3.17. The SMILES string of the molecule is Cc1csc(C(=O)Nc2nnc(SCCC#N)s2)c1. The topological polar surface area (TPSA) is 78.7 Å². The van der Waals surface area contributed by atoms with Crippen molar-refractivity contribution < 1.29 is 4.79 Å². The molecular formula is C11H10N4OS3. The molecule has 0 aliphatic carbocycles. The molecule has 0 spiro atoms. The van der Waals surface area contributed by atoms with E-state index in [0.29, 0.717) is 22.2 Å². The van der Waals surface area contributed by atoms with Crippen molar-refractivity contribution in [1.82, 2.24) is 10.2 Å². The summed E-state index contributed by atoms with van der Waals surface area (Å²) in [6.45, 7) is 1.95. The number of rotatable bonds is 5. The second-order valence-corrected chi connectivity index (χ2v) is 6.80. The molecule has 0 bridgehead atoms. The maximum Gasteiger partial charge on any atom is 0.267 e. The van der Waals surface area contributed by atoms with Gasteiger partial charge in [-0.2, -0.15) is 5.26 Å². The second-order valence-electron chi connectivity index (χ2n) is 3.57. The molecule has 0 aromatic carbocycles. The Morgan fingerprint density at radius 1 is 1.58 bits per heavy atom. The monoisotopic (exact) mass is 310 g/mol. The molecule has 0 saturated carbocycles. The lowest BCUT2D eigenvalue weighted by molar-refractivity contribution is 0.103. The Bertz CT molecular complexity index is 613. The van der Waals surface area contributed by atoms with Gasteiger partial charge >= 0.3 is 0 Å². The van der Waals surface area contributed by atoms with E-state index < -0.39 is 0 Å². The van der Waals surface area contributed by atoms with Gasteiger partial charge < -0.3 is 0 Å². The summed E-state index contributed by atoms with van der Waals surface area (Å²) in [5, 5.41) is 21.4. The number of thiophene rings is 1. The van der Waals surface area contributed by atoms with Gasteiger partial charge in [0, 0.05) is 12.2 Å². The van der Waals surface area contributed by atoms with Crippen LogP contribution < -0.4 is 5.32 Å². The minimum atomic E-state index is -0.164. The van der Waals surface area contributed by atoms with E-state index in [1.807, 2.05) is 18.4 Å². The van der Waals surface area contributed by atoms with Crippen LogP contribution in [0.4, 0.5) is 5.13 Å². The Labute approximate surface area is 122 Å². The molecule has 0 atom stereocenters. The van der Waals surface area contributed by atoms with Gasteiger partial charge in [0.1, 0.15) is 0 Å². The highest BCUT2D eigenvalue weighted by Crippen LogP contribution is 2.26. The zero-order valence-corrected chi connectivity index (χ0v) is 12.5. The molecule has 0 aliphatic rings. The fourth-order valence-electron chi connectivity index (χ4n) is 1.21. The number of anilines is 1. The smallest absolute Gasteiger partial charge is 0.267 e. The largest absolute Gasteiger partial charge is 0.296 e. The zero-order chi connectivity index (χ0) is 13.7. The number of aromatic nitrogens is 2. The number of carbonyl (C=O) groups excluding carboxylic acids is 1. The third-order valence-corrected chi connectivity index (χ3v) is 5.04. The number of thioether (sulfide) groups is 1. The summed E-state index contributed by atoms with van der Waals surface area (Å²) in [6.07, 6.45) is 0.473. The maximum atomic E-state index is 11.9. The summed E-state index contributed by atoms with van der Waals surface area (Å²) >= 11 is 4.19. The van der Waals surface area contributed by atoms with Crippen molar-refractivity contribution in [3.63, 3.8) is 0 Å². The highest BCUT2D eigenvalue weighted by molar-refractivity contribution is 8.01. The van der Waals surface area contributed by atoms with Crippen LogP contribution in [0.3, 0.4) is 0 Å². The van der Waals surface area contributed by atoms with Crippen molar-refractivity contribution in [3.8, 4) is 6.07 Å². The third kappa shape index (κ3) is 4.02.